The van der Waals surface area contributed by atoms with Gasteiger partial charge in [0.2, 0.25) is 5.91 Å². The minimum absolute atomic E-state index is 0.0818. The van der Waals surface area contributed by atoms with Gasteiger partial charge in [0.1, 0.15) is 19.0 Å². The summed E-state index contributed by atoms with van der Waals surface area (Å²) in [5.41, 5.74) is 3.59. The van der Waals surface area contributed by atoms with Gasteiger partial charge in [0, 0.05) is 19.4 Å². The summed E-state index contributed by atoms with van der Waals surface area (Å²) in [5, 5.41) is 5.46. The second-order valence-electron chi connectivity index (χ2n) is 8.65. The van der Waals surface area contributed by atoms with Crippen LogP contribution < -0.4 is 10.1 Å². The van der Waals surface area contributed by atoms with Gasteiger partial charge in [-0.2, -0.15) is 0 Å². The molecule has 4 rings (SSSR count). The highest BCUT2D eigenvalue weighted by atomic mass is 32.2. The fourth-order valence-corrected chi connectivity index (χ4v) is 5.16. The zero-order valence-electron chi connectivity index (χ0n) is 21.5. The van der Waals surface area contributed by atoms with Gasteiger partial charge in [0.25, 0.3) is 0 Å². The molecule has 0 fully saturated rings. The number of benzene rings is 2. The molecule has 2 aliphatic heterocycles. The molecule has 1 unspecified atom stereocenters. The van der Waals surface area contributed by atoms with Crippen molar-refractivity contribution in [2.24, 2.45) is 4.99 Å². The number of amides is 1. The Hall–Kier alpha value is -3.82. The summed E-state index contributed by atoms with van der Waals surface area (Å²) in [6, 6.07) is 17.0. The molecule has 1 atom stereocenters. The van der Waals surface area contributed by atoms with Gasteiger partial charge < -0.3 is 24.4 Å². The number of hydrogen-bond acceptors (Lipinski definition) is 8. The summed E-state index contributed by atoms with van der Waals surface area (Å²) in [7, 11) is 1.59. The van der Waals surface area contributed by atoms with Gasteiger partial charge in [0.15, 0.2) is 5.17 Å². The van der Waals surface area contributed by atoms with Crippen LogP contribution in [-0.4, -0.2) is 48.8 Å². The van der Waals surface area contributed by atoms with E-state index in [4.69, 9.17) is 14.2 Å². The van der Waals surface area contributed by atoms with Gasteiger partial charge in [-0.3, -0.25) is 4.79 Å². The van der Waals surface area contributed by atoms with Crippen molar-refractivity contribution in [3.05, 3.63) is 101 Å². The molecule has 9 heteroatoms. The summed E-state index contributed by atoms with van der Waals surface area (Å²) in [4.78, 5) is 32.6. The number of thioether (sulfide) groups is 1. The van der Waals surface area contributed by atoms with E-state index in [1.165, 1.54) is 17.8 Å². The van der Waals surface area contributed by atoms with Gasteiger partial charge in [-0.05, 0) is 35.6 Å². The molecule has 0 saturated heterocycles. The third-order valence-electron chi connectivity index (χ3n) is 5.95. The maximum atomic E-state index is 13.3. The second kappa shape index (κ2) is 13.1. The quantitative estimate of drug-likeness (QED) is 0.240. The maximum absolute atomic E-state index is 13.3. The highest BCUT2D eigenvalue weighted by Crippen LogP contribution is 2.45. The summed E-state index contributed by atoms with van der Waals surface area (Å²) >= 11 is 1.43. The average Bonchev–Trinajstić information content (AvgIpc) is 3.32. The first-order chi connectivity index (χ1) is 18.5. The number of nitrogens with one attached hydrogen (secondary N) is 1. The highest BCUT2D eigenvalue weighted by molar-refractivity contribution is 8.16. The standard InChI is InChI=1S/C29H31N3O5S/c1-4-14-36-28(34)26-20(2)31-29-32(23(19-38-29)17-25(33)30-13-15-35-3)27(26)22-11-8-12-24(16-22)37-18-21-9-6-5-7-10-21/h4-12,16,19,27H,1,13-15,17-18H2,2-3H3,(H,30,33). The van der Waals surface area contributed by atoms with Gasteiger partial charge in [0.05, 0.1) is 30.3 Å². The molecule has 2 aliphatic rings. The van der Waals surface area contributed by atoms with E-state index >= 15 is 0 Å². The molecule has 2 aromatic rings. The molecule has 0 saturated carbocycles. The predicted octanol–water partition coefficient (Wildman–Crippen LogP) is 4.72. The van der Waals surface area contributed by atoms with Gasteiger partial charge in [-0.1, -0.05) is 66.9 Å². The molecule has 198 valence electrons. The monoisotopic (exact) mass is 533 g/mol. The van der Waals surface area contributed by atoms with Gasteiger partial charge in [-0.15, -0.1) is 0 Å². The third-order valence-corrected chi connectivity index (χ3v) is 6.83. The molecule has 2 heterocycles. The molecule has 0 spiro atoms. The maximum Gasteiger partial charge on any atom is 0.338 e. The molecule has 0 aromatic heterocycles. The van der Waals surface area contributed by atoms with E-state index in [-0.39, 0.29) is 18.9 Å². The molecule has 38 heavy (non-hydrogen) atoms. The number of carbonyl (C=O) groups is 2. The fourth-order valence-electron chi connectivity index (χ4n) is 4.19. The predicted molar refractivity (Wildman–Crippen MR) is 148 cm³/mol. The van der Waals surface area contributed by atoms with E-state index in [1.807, 2.05) is 64.9 Å². The second-order valence-corrected chi connectivity index (χ2v) is 9.48. The molecule has 0 radical (unpaired) electrons. The number of esters is 1. The average molecular weight is 534 g/mol. The van der Waals surface area contributed by atoms with E-state index in [9.17, 15) is 9.59 Å². The number of aliphatic imine (C=N–C) groups is 1. The number of methoxy groups -OCH3 is 1. The number of amidine groups is 1. The van der Waals surface area contributed by atoms with Crippen molar-refractivity contribution in [3.63, 3.8) is 0 Å². The first-order valence-electron chi connectivity index (χ1n) is 12.3. The van der Waals surface area contributed by atoms with Crippen LogP contribution in [0.15, 0.2) is 94.6 Å². The number of allylic oxidation sites excluding steroid dienone is 1. The summed E-state index contributed by atoms with van der Waals surface area (Å²) in [6.07, 6.45) is 1.66. The Balaban J connectivity index is 1.65. The van der Waals surface area contributed by atoms with E-state index in [0.717, 1.165) is 16.8 Å². The number of nitrogens with zero attached hydrogens (tertiary/aromatic N) is 2. The number of carbonyl (C=O) groups excluding carboxylic acids is 2. The third kappa shape index (κ3) is 6.54. The number of rotatable bonds is 12. The summed E-state index contributed by atoms with van der Waals surface area (Å²) in [6.45, 7) is 6.78. The Morgan fingerprint density at radius 3 is 2.76 bits per heavy atom. The molecular formula is C29H31N3O5S. The highest BCUT2D eigenvalue weighted by Gasteiger charge is 2.41. The largest absolute Gasteiger partial charge is 0.489 e. The number of hydrogen-bond donors (Lipinski definition) is 1. The minimum Gasteiger partial charge on any atom is -0.489 e. The van der Waals surface area contributed by atoms with E-state index in [1.54, 1.807) is 14.0 Å². The SMILES string of the molecule is C=CCOC(=O)C1=C(C)N=C2SC=C(CC(=O)NCCOC)N2C1c1cccc(OCc2ccccc2)c1. The zero-order valence-corrected chi connectivity index (χ0v) is 22.3. The first-order valence-corrected chi connectivity index (χ1v) is 13.1. The van der Waals surface area contributed by atoms with Gasteiger partial charge in [-0.25, -0.2) is 9.79 Å². The molecule has 0 aliphatic carbocycles. The molecule has 1 N–H and O–H groups in total. The lowest BCUT2D eigenvalue weighted by molar-refractivity contribution is -0.138. The first kappa shape index (κ1) is 27.2. The van der Waals surface area contributed by atoms with Crippen molar-refractivity contribution in [2.45, 2.75) is 26.0 Å². The molecular weight excluding hydrogens is 502 g/mol. The van der Waals surface area contributed by atoms with Crippen LogP contribution in [0.1, 0.15) is 30.5 Å². The molecule has 0 bridgehead atoms. The molecule has 1 amide bonds. The van der Waals surface area contributed by atoms with Crippen LogP contribution >= 0.6 is 11.8 Å². The van der Waals surface area contributed by atoms with E-state index in [0.29, 0.717) is 41.9 Å². The summed E-state index contributed by atoms with van der Waals surface area (Å²) in [5.74, 6) is 0.0454. The summed E-state index contributed by atoms with van der Waals surface area (Å²) < 4.78 is 16.6. The lowest BCUT2D eigenvalue weighted by Crippen LogP contribution is -2.38. The lowest BCUT2D eigenvalue weighted by atomic mass is 9.93. The number of fused-ring (bicyclic) bond motifs is 1. The Labute approximate surface area is 227 Å². The smallest absolute Gasteiger partial charge is 0.338 e. The minimum atomic E-state index is -0.548. The van der Waals surface area contributed by atoms with Crippen molar-refractivity contribution >= 4 is 28.8 Å². The Bertz CT molecular complexity index is 1270. The molecule has 2 aromatic carbocycles. The Kier molecular flexibility index (Phi) is 9.40. The van der Waals surface area contributed by atoms with Crippen LogP contribution in [0.4, 0.5) is 0 Å². The van der Waals surface area contributed by atoms with Gasteiger partial charge >= 0.3 is 5.97 Å². The van der Waals surface area contributed by atoms with Crippen molar-refractivity contribution in [2.75, 3.05) is 26.9 Å². The van der Waals surface area contributed by atoms with E-state index in [2.05, 4.69) is 16.9 Å². The topological polar surface area (TPSA) is 89.5 Å². The molecule has 8 nitrogen and oxygen atoms in total. The van der Waals surface area contributed by atoms with Crippen molar-refractivity contribution < 1.29 is 23.8 Å². The van der Waals surface area contributed by atoms with Crippen LogP contribution in [-0.2, 0) is 25.7 Å². The van der Waals surface area contributed by atoms with Crippen molar-refractivity contribution in [1.29, 1.82) is 0 Å². The zero-order chi connectivity index (χ0) is 26.9. The number of ether oxygens (including phenoxy) is 3. The lowest BCUT2D eigenvalue weighted by Gasteiger charge is -2.36. The van der Waals surface area contributed by atoms with Crippen LogP contribution in [0.25, 0.3) is 0 Å². The van der Waals surface area contributed by atoms with Crippen LogP contribution in [0.3, 0.4) is 0 Å². The Morgan fingerprint density at radius 2 is 2.00 bits per heavy atom. The van der Waals surface area contributed by atoms with Crippen LogP contribution in [0.2, 0.25) is 0 Å². The van der Waals surface area contributed by atoms with Crippen LogP contribution in [0, 0.1) is 0 Å². The Morgan fingerprint density at radius 1 is 1.18 bits per heavy atom. The van der Waals surface area contributed by atoms with E-state index < -0.39 is 12.0 Å². The van der Waals surface area contributed by atoms with Crippen molar-refractivity contribution in [3.8, 4) is 5.75 Å². The fraction of sp³-hybridized carbons (Fsp3) is 0.276. The normalized spacial score (nSPS) is 16.4. The van der Waals surface area contributed by atoms with Crippen molar-refractivity contribution in [1.82, 2.24) is 10.2 Å². The van der Waals surface area contributed by atoms with Crippen LogP contribution in [0.5, 0.6) is 5.75 Å².